The minimum absolute atomic E-state index is 0.0744. The van der Waals surface area contributed by atoms with E-state index in [1.165, 1.54) is 18.2 Å². The predicted molar refractivity (Wildman–Crippen MR) is 65.8 cm³/mol. The molecule has 3 heteroatoms. The fourth-order valence-electron chi connectivity index (χ4n) is 1.19. The smallest absolute Gasteiger partial charge is 0.181 e. The van der Waals surface area contributed by atoms with E-state index >= 15 is 0 Å². The molecule has 0 aliphatic heterocycles. The van der Waals surface area contributed by atoms with E-state index in [1.807, 2.05) is 25.1 Å². The van der Waals surface area contributed by atoms with Crippen LogP contribution in [0.3, 0.4) is 0 Å². The van der Waals surface area contributed by atoms with Gasteiger partial charge in [-0.15, -0.1) is 0 Å². The number of ketones is 2. The highest BCUT2D eigenvalue weighted by molar-refractivity contribution is 6.16. The van der Waals surface area contributed by atoms with Crippen molar-refractivity contribution < 1.29 is 14.7 Å². The molecule has 2 rings (SSSR count). The van der Waals surface area contributed by atoms with Gasteiger partial charge in [-0.25, -0.2) is 0 Å². The van der Waals surface area contributed by atoms with Crippen LogP contribution in [0, 0.1) is 6.92 Å². The molecule has 0 saturated carbocycles. The lowest BCUT2D eigenvalue weighted by molar-refractivity contribution is -0.114. The third-order valence-electron chi connectivity index (χ3n) is 2.26. The summed E-state index contributed by atoms with van der Waals surface area (Å²) >= 11 is 0. The fourth-order valence-corrected chi connectivity index (χ4v) is 1.19. The number of phenolic OH excluding ortho intramolecular Hbond substituents is 1. The molecule has 0 bridgehead atoms. The average Bonchev–Trinajstić information content (AvgIpc) is 2.29. The van der Waals surface area contributed by atoms with Crippen LogP contribution < -0.4 is 0 Å². The second kappa shape index (κ2) is 5.80. The molecule has 0 saturated heterocycles. The number of allylic oxidation sites excluding steroid dienone is 4. The Kier molecular flexibility index (Phi) is 4.40. The first-order chi connectivity index (χ1) is 8.00. The molecule has 1 aliphatic rings. The quantitative estimate of drug-likeness (QED) is 0.696. The van der Waals surface area contributed by atoms with Gasteiger partial charge in [0.05, 0.1) is 0 Å². The summed E-state index contributed by atoms with van der Waals surface area (Å²) in [7, 11) is 0. The summed E-state index contributed by atoms with van der Waals surface area (Å²) in [6.07, 6.45) is 3.90. The molecule has 17 heavy (non-hydrogen) atoms. The Morgan fingerprint density at radius 1 is 1.00 bits per heavy atom. The lowest BCUT2D eigenvalue weighted by Crippen LogP contribution is -2.03. The normalized spacial score (nSPS) is 13.9. The molecule has 1 aromatic carbocycles. The van der Waals surface area contributed by atoms with Crippen molar-refractivity contribution in [3.8, 4) is 5.75 Å². The highest BCUT2D eigenvalue weighted by atomic mass is 16.3. The van der Waals surface area contributed by atoms with Gasteiger partial charge in [0.2, 0.25) is 0 Å². The fraction of sp³-hybridized carbons (Fsp3) is 0.143. The Morgan fingerprint density at radius 3 is 2.06 bits per heavy atom. The zero-order chi connectivity index (χ0) is 12.8. The van der Waals surface area contributed by atoms with Crippen molar-refractivity contribution in [3.05, 3.63) is 53.6 Å². The number of aryl methyl sites for hydroxylation is 1. The van der Waals surface area contributed by atoms with Crippen LogP contribution in [0.5, 0.6) is 5.75 Å². The monoisotopic (exact) mass is 230 g/mol. The molecule has 1 aromatic rings. The standard InChI is InChI=1S/C7H6O2.C7H8O/c1-5-4-6(8)2-3-7(5)9;1-6-4-2-3-5-7(6)8/h2-4H,1H3;2-5,8H,1H3. The third-order valence-corrected chi connectivity index (χ3v) is 2.26. The molecule has 0 spiro atoms. The van der Waals surface area contributed by atoms with E-state index in [0.717, 1.165) is 5.56 Å². The first-order valence-corrected chi connectivity index (χ1v) is 5.20. The van der Waals surface area contributed by atoms with Crippen LogP contribution in [0.4, 0.5) is 0 Å². The molecule has 0 fully saturated rings. The first kappa shape index (κ1) is 12.9. The largest absolute Gasteiger partial charge is 0.508 e. The van der Waals surface area contributed by atoms with Crippen LogP contribution >= 0.6 is 0 Å². The number of carbonyl (C=O) groups excluding carboxylic acids is 2. The number of phenols is 1. The minimum atomic E-state index is -0.105. The molecule has 0 heterocycles. The molecular formula is C14H14O3. The third kappa shape index (κ3) is 4.07. The van der Waals surface area contributed by atoms with Crippen LogP contribution in [0.25, 0.3) is 0 Å². The number of para-hydroxylation sites is 1. The lowest BCUT2D eigenvalue weighted by Gasteiger charge is -1.96. The first-order valence-electron chi connectivity index (χ1n) is 5.20. The Balaban J connectivity index is 0.000000171. The molecule has 88 valence electrons. The van der Waals surface area contributed by atoms with Crippen molar-refractivity contribution in [2.45, 2.75) is 13.8 Å². The molecule has 0 radical (unpaired) electrons. The molecule has 0 amide bonds. The summed E-state index contributed by atoms with van der Waals surface area (Å²) in [4.78, 5) is 21.1. The summed E-state index contributed by atoms with van der Waals surface area (Å²) in [6.45, 7) is 3.50. The van der Waals surface area contributed by atoms with Gasteiger partial charge in [0, 0.05) is 5.57 Å². The lowest BCUT2D eigenvalue weighted by atomic mass is 10.1. The van der Waals surface area contributed by atoms with Crippen LogP contribution in [-0.2, 0) is 9.59 Å². The van der Waals surface area contributed by atoms with Crippen molar-refractivity contribution in [1.29, 1.82) is 0 Å². The van der Waals surface area contributed by atoms with E-state index in [1.54, 1.807) is 13.0 Å². The highest BCUT2D eigenvalue weighted by Crippen LogP contribution is 2.12. The van der Waals surface area contributed by atoms with Crippen LogP contribution in [-0.4, -0.2) is 16.7 Å². The summed E-state index contributed by atoms with van der Waals surface area (Å²) in [6, 6.07) is 7.25. The summed E-state index contributed by atoms with van der Waals surface area (Å²) in [5, 5.41) is 8.92. The molecule has 3 nitrogen and oxygen atoms in total. The molecule has 0 atom stereocenters. The van der Waals surface area contributed by atoms with Crippen molar-refractivity contribution in [3.63, 3.8) is 0 Å². The number of benzene rings is 1. The van der Waals surface area contributed by atoms with Gasteiger partial charge in [0.15, 0.2) is 11.6 Å². The summed E-state index contributed by atoms with van der Waals surface area (Å²) in [5.74, 6) is 0.189. The number of rotatable bonds is 0. The molecule has 0 unspecified atom stereocenters. The molecule has 1 aliphatic carbocycles. The maximum atomic E-state index is 10.6. The summed E-state index contributed by atoms with van der Waals surface area (Å²) in [5.41, 5.74) is 1.44. The van der Waals surface area contributed by atoms with E-state index in [0.29, 0.717) is 11.3 Å². The maximum absolute atomic E-state index is 10.6. The zero-order valence-electron chi connectivity index (χ0n) is 9.81. The van der Waals surface area contributed by atoms with Crippen LogP contribution in [0.1, 0.15) is 12.5 Å². The minimum Gasteiger partial charge on any atom is -0.508 e. The Hall–Kier alpha value is -2.16. The second-order valence-corrected chi connectivity index (χ2v) is 3.71. The molecule has 0 aromatic heterocycles. The van der Waals surface area contributed by atoms with E-state index in [4.69, 9.17) is 5.11 Å². The van der Waals surface area contributed by atoms with Crippen molar-refractivity contribution in [1.82, 2.24) is 0 Å². The van der Waals surface area contributed by atoms with Crippen molar-refractivity contribution in [2.75, 3.05) is 0 Å². The number of hydrogen-bond acceptors (Lipinski definition) is 3. The van der Waals surface area contributed by atoms with Crippen LogP contribution in [0.15, 0.2) is 48.1 Å². The van der Waals surface area contributed by atoms with Gasteiger partial charge in [0.25, 0.3) is 0 Å². The van der Waals surface area contributed by atoms with Gasteiger partial charge < -0.3 is 5.11 Å². The van der Waals surface area contributed by atoms with E-state index < -0.39 is 0 Å². The maximum Gasteiger partial charge on any atom is 0.181 e. The van der Waals surface area contributed by atoms with Crippen LogP contribution in [0.2, 0.25) is 0 Å². The highest BCUT2D eigenvalue weighted by Gasteiger charge is 2.06. The van der Waals surface area contributed by atoms with Gasteiger partial charge in [0.1, 0.15) is 5.75 Å². The van der Waals surface area contributed by atoms with Crippen molar-refractivity contribution >= 4 is 11.6 Å². The Bertz CT molecular complexity index is 475. The van der Waals surface area contributed by atoms with E-state index in [2.05, 4.69) is 0 Å². The van der Waals surface area contributed by atoms with Gasteiger partial charge in [-0.1, -0.05) is 18.2 Å². The number of aromatic hydroxyl groups is 1. The Labute approximate surface area is 100 Å². The van der Waals surface area contributed by atoms with Gasteiger partial charge in [-0.3, -0.25) is 9.59 Å². The SMILES string of the molecule is CC1=CC(=O)C=CC1=O.Cc1ccccc1O. The molecule has 1 N–H and O–H groups in total. The zero-order valence-corrected chi connectivity index (χ0v) is 9.81. The average molecular weight is 230 g/mol. The van der Waals surface area contributed by atoms with E-state index in [9.17, 15) is 9.59 Å². The van der Waals surface area contributed by atoms with Gasteiger partial charge in [-0.05, 0) is 43.7 Å². The number of carbonyl (C=O) groups is 2. The number of hydrogen-bond donors (Lipinski definition) is 1. The van der Waals surface area contributed by atoms with Crippen molar-refractivity contribution in [2.24, 2.45) is 0 Å². The Morgan fingerprint density at radius 2 is 1.65 bits per heavy atom. The summed E-state index contributed by atoms with van der Waals surface area (Å²) < 4.78 is 0. The predicted octanol–water partition coefficient (Wildman–Crippen LogP) is 2.34. The second-order valence-electron chi connectivity index (χ2n) is 3.71. The topological polar surface area (TPSA) is 54.4 Å². The van der Waals surface area contributed by atoms with Gasteiger partial charge >= 0.3 is 0 Å². The van der Waals surface area contributed by atoms with E-state index in [-0.39, 0.29) is 11.6 Å². The molecular weight excluding hydrogens is 216 g/mol. The van der Waals surface area contributed by atoms with Gasteiger partial charge in [-0.2, -0.15) is 0 Å².